The molecule has 3 rings (SSSR count). The number of carbonyl (C=O) groups excluding carboxylic acids is 1. The van der Waals surface area contributed by atoms with Gasteiger partial charge in [0.1, 0.15) is 0 Å². The van der Waals surface area contributed by atoms with Crippen molar-refractivity contribution in [2.24, 2.45) is 0 Å². The molecule has 0 heterocycles. The molecule has 0 spiro atoms. The van der Waals surface area contributed by atoms with Crippen LogP contribution >= 0.6 is 0 Å². The second-order valence-corrected chi connectivity index (χ2v) is 10.4. The predicted molar refractivity (Wildman–Crippen MR) is 134 cm³/mol. The van der Waals surface area contributed by atoms with Gasteiger partial charge in [-0.3, -0.25) is 4.79 Å². The number of anilines is 1. The van der Waals surface area contributed by atoms with E-state index in [9.17, 15) is 39.6 Å². The molecule has 40 heavy (non-hydrogen) atoms. The summed E-state index contributed by atoms with van der Waals surface area (Å²) in [5, 5.41) is 1.97. The number of hydrogen-bond donors (Lipinski definition) is 1. The maximum absolute atomic E-state index is 13.5. The number of sulfonamides is 1. The summed E-state index contributed by atoms with van der Waals surface area (Å²) in [6, 6.07) is 13.0. The van der Waals surface area contributed by atoms with Gasteiger partial charge in [0.05, 0.1) is 36.8 Å². The number of rotatable bonds is 10. The Labute approximate surface area is 226 Å². The summed E-state index contributed by atoms with van der Waals surface area (Å²) in [5.74, 6) is -0.829. The zero-order chi connectivity index (χ0) is 29.7. The van der Waals surface area contributed by atoms with Gasteiger partial charge in [0, 0.05) is 18.3 Å². The maximum Gasteiger partial charge on any atom is 0.416 e. The summed E-state index contributed by atoms with van der Waals surface area (Å²) in [7, 11) is -1.76. The summed E-state index contributed by atoms with van der Waals surface area (Å²) in [6.07, 6.45) is -10.1. The first-order valence-electron chi connectivity index (χ1n) is 11.5. The van der Waals surface area contributed by atoms with Crippen LogP contribution in [0.4, 0.5) is 32.0 Å². The van der Waals surface area contributed by atoms with Gasteiger partial charge < -0.3 is 14.8 Å². The van der Waals surface area contributed by atoms with Crippen LogP contribution in [0.15, 0.2) is 71.6 Å². The Morgan fingerprint density at radius 2 is 1.40 bits per heavy atom. The Morgan fingerprint density at radius 3 is 1.93 bits per heavy atom. The maximum atomic E-state index is 13.5. The molecule has 3 aromatic rings. The first-order chi connectivity index (χ1) is 18.6. The van der Waals surface area contributed by atoms with Crippen LogP contribution in [-0.4, -0.2) is 45.9 Å². The molecule has 1 N–H and O–H groups in total. The predicted octanol–water partition coefficient (Wildman–Crippen LogP) is 5.61. The second kappa shape index (κ2) is 12.2. The van der Waals surface area contributed by atoms with Gasteiger partial charge in [-0.15, -0.1) is 0 Å². The van der Waals surface area contributed by atoms with Crippen molar-refractivity contribution < 1.29 is 49.0 Å². The Bertz CT molecular complexity index is 1410. The van der Waals surface area contributed by atoms with Crippen LogP contribution in [0.2, 0.25) is 0 Å². The molecule has 1 amide bonds. The highest BCUT2D eigenvalue weighted by Crippen LogP contribution is 2.37. The van der Waals surface area contributed by atoms with Gasteiger partial charge in [-0.25, -0.2) is 8.42 Å². The summed E-state index contributed by atoms with van der Waals surface area (Å²) < 4.78 is 117. The van der Waals surface area contributed by atoms with E-state index in [-0.39, 0.29) is 35.4 Å². The van der Waals surface area contributed by atoms with Crippen molar-refractivity contribution in [3.05, 3.63) is 83.4 Å². The number of alkyl halides is 6. The van der Waals surface area contributed by atoms with Gasteiger partial charge in [-0.2, -0.15) is 30.6 Å². The fourth-order valence-corrected chi connectivity index (χ4v) is 5.11. The zero-order valence-corrected chi connectivity index (χ0v) is 22.0. The lowest BCUT2D eigenvalue weighted by Crippen LogP contribution is -2.39. The third kappa shape index (κ3) is 7.66. The zero-order valence-electron chi connectivity index (χ0n) is 21.1. The minimum Gasteiger partial charge on any atom is -0.493 e. The number of carbonyl (C=O) groups is 1. The molecule has 0 aliphatic heterocycles. The van der Waals surface area contributed by atoms with Gasteiger partial charge in [-0.05, 0) is 42.3 Å². The van der Waals surface area contributed by atoms with Crippen LogP contribution in [-0.2, 0) is 33.6 Å². The molecule has 0 atom stereocenters. The number of amides is 1. The molecule has 0 fully saturated rings. The highest BCUT2D eigenvalue weighted by Gasteiger charge is 2.37. The minimum atomic E-state index is -5.13. The summed E-state index contributed by atoms with van der Waals surface area (Å²) in [4.78, 5) is 12.6. The first-order valence-corrected chi connectivity index (χ1v) is 12.9. The fraction of sp³-hybridized carbons (Fsp3) is 0.269. The molecular weight excluding hydrogens is 566 g/mol. The molecule has 0 saturated carbocycles. The molecule has 3 aromatic carbocycles. The van der Waals surface area contributed by atoms with Crippen molar-refractivity contribution in [3.8, 4) is 11.5 Å². The van der Waals surface area contributed by atoms with E-state index in [2.05, 4.69) is 0 Å². The highest BCUT2D eigenvalue weighted by molar-refractivity contribution is 7.89. The smallest absolute Gasteiger partial charge is 0.416 e. The molecule has 0 aromatic heterocycles. The van der Waals surface area contributed by atoms with Crippen LogP contribution in [0, 0.1) is 0 Å². The number of halogens is 6. The molecule has 216 valence electrons. The molecule has 0 aliphatic carbocycles. The second-order valence-electron chi connectivity index (χ2n) is 8.43. The molecule has 14 heteroatoms. The van der Waals surface area contributed by atoms with Crippen molar-refractivity contribution in [1.29, 1.82) is 0 Å². The average molecular weight is 591 g/mol. The highest BCUT2D eigenvalue weighted by atomic mass is 32.2. The van der Waals surface area contributed by atoms with Gasteiger partial charge in [0.25, 0.3) is 0 Å². The van der Waals surface area contributed by atoms with Gasteiger partial charge in [0.15, 0.2) is 11.5 Å². The minimum absolute atomic E-state index is 0.0800. The van der Waals surface area contributed by atoms with Crippen molar-refractivity contribution >= 4 is 21.6 Å². The van der Waals surface area contributed by atoms with Crippen molar-refractivity contribution in [2.45, 2.75) is 23.7 Å². The van der Waals surface area contributed by atoms with E-state index in [0.717, 1.165) is 9.87 Å². The third-order valence-electron chi connectivity index (χ3n) is 5.68. The first kappa shape index (κ1) is 30.8. The number of benzene rings is 3. The van der Waals surface area contributed by atoms with Crippen LogP contribution < -0.4 is 14.8 Å². The lowest BCUT2D eigenvalue weighted by atomic mass is 10.1. The number of methoxy groups -OCH3 is 2. The third-order valence-corrected chi connectivity index (χ3v) is 7.52. The topological polar surface area (TPSA) is 84.9 Å². The van der Waals surface area contributed by atoms with Crippen LogP contribution in [0.3, 0.4) is 0 Å². The van der Waals surface area contributed by atoms with E-state index in [4.69, 9.17) is 9.47 Å². The molecule has 0 aliphatic rings. The molecule has 0 unspecified atom stereocenters. The van der Waals surface area contributed by atoms with Gasteiger partial charge in [-0.1, -0.05) is 30.3 Å². The average Bonchev–Trinajstić information content (AvgIpc) is 2.89. The van der Waals surface area contributed by atoms with Crippen LogP contribution in [0.1, 0.15) is 16.7 Å². The SMILES string of the molecule is COc1ccc(S(=O)(=O)N(CCc2ccccc2)CC(=O)Nc2cc(C(F)(F)F)cc(C(F)(F)F)c2)cc1OC. The van der Waals surface area contributed by atoms with E-state index in [1.807, 2.05) is 5.32 Å². The van der Waals surface area contributed by atoms with Crippen molar-refractivity contribution in [2.75, 3.05) is 32.6 Å². The Hall–Kier alpha value is -3.78. The largest absolute Gasteiger partial charge is 0.493 e. The summed E-state index contributed by atoms with van der Waals surface area (Å²) >= 11 is 0. The van der Waals surface area contributed by atoms with E-state index in [0.29, 0.717) is 12.1 Å². The number of nitrogens with zero attached hydrogens (tertiary/aromatic N) is 1. The number of ether oxygens (including phenoxy) is 2. The van der Waals surface area contributed by atoms with Crippen molar-refractivity contribution in [1.82, 2.24) is 4.31 Å². The summed E-state index contributed by atoms with van der Waals surface area (Å²) in [5.41, 5.74) is -3.32. The molecule has 0 bridgehead atoms. The fourth-order valence-electron chi connectivity index (χ4n) is 3.70. The Balaban J connectivity index is 1.94. The Morgan fingerprint density at radius 1 is 0.825 bits per heavy atom. The van der Waals surface area contributed by atoms with Crippen molar-refractivity contribution in [3.63, 3.8) is 0 Å². The lowest BCUT2D eigenvalue weighted by molar-refractivity contribution is -0.143. The molecule has 7 nitrogen and oxygen atoms in total. The van der Waals surface area contributed by atoms with Gasteiger partial charge >= 0.3 is 12.4 Å². The van der Waals surface area contributed by atoms with E-state index >= 15 is 0 Å². The normalized spacial score (nSPS) is 12.3. The quantitative estimate of drug-likeness (QED) is 0.310. The lowest BCUT2D eigenvalue weighted by Gasteiger charge is -2.23. The number of nitrogens with one attached hydrogen (secondary N) is 1. The standard InChI is InChI=1S/C26H24F6N2O5S/c1-38-22-9-8-21(15-23(22)39-2)40(36,37)34(11-10-17-6-4-3-5-7-17)16-24(35)33-20-13-18(25(27,28)29)12-19(14-20)26(30,31)32/h3-9,12-15H,10-11,16H2,1-2H3,(H,33,35). The number of hydrogen-bond acceptors (Lipinski definition) is 5. The molecule has 0 saturated heterocycles. The van der Waals surface area contributed by atoms with Crippen LogP contribution in [0.5, 0.6) is 11.5 Å². The Kier molecular flexibility index (Phi) is 9.36. The van der Waals surface area contributed by atoms with E-state index in [1.54, 1.807) is 30.3 Å². The monoisotopic (exact) mass is 590 g/mol. The van der Waals surface area contributed by atoms with Gasteiger partial charge in [0.2, 0.25) is 15.9 Å². The van der Waals surface area contributed by atoms with Crippen LogP contribution in [0.25, 0.3) is 0 Å². The molecule has 0 radical (unpaired) electrons. The van der Waals surface area contributed by atoms with E-state index in [1.165, 1.54) is 32.4 Å². The summed E-state index contributed by atoms with van der Waals surface area (Å²) in [6.45, 7) is -1.13. The van der Waals surface area contributed by atoms with E-state index < -0.39 is 51.6 Å². The molecular formula is C26H24F6N2O5S.